The van der Waals surface area contributed by atoms with Crippen molar-refractivity contribution in [1.29, 1.82) is 0 Å². The first-order valence-corrected chi connectivity index (χ1v) is 12.9. The van der Waals surface area contributed by atoms with E-state index in [2.05, 4.69) is 4.99 Å². The summed E-state index contributed by atoms with van der Waals surface area (Å²) in [5.41, 5.74) is 1.93. The smallest absolute Gasteiger partial charge is 0.338 e. The van der Waals surface area contributed by atoms with E-state index in [0.717, 1.165) is 5.56 Å². The number of benzene rings is 2. The van der Waals surface area contributed by atoms with Gasteiger partial charge in [0.25, 0.3) is 5.56 Å². The first-order valence-electron chi connectivity index (χ1n) is 11.7. The molecule has 0 aliphatic carbocycles. The summed E-state index contributed by atoms with van der Waals surface area (Å²) in [6.07, 6.45) is 1.72. The minimum atomic E-state index is -0.706. The Hall–Kier alpha value is -3.56. The molecule has 4 rings (SSSR count). The van der Waals surface area contributed by atoms with Crippen LogP contribution in [-0.2, 0) is 9.53 Å². The van der Waals surface area contributed by atoms with Crippen LogP contribution in [0.5, 0.6) is 17.2 Å². The number of carbonyl (C=O) groups is 1. The zero-order valence-electron chi connectivity index (χ0n) is 21.2. The van der Waals surface area contributed by atoms with Crippen LogP contribution in [0.3, 0.4) is 0 Å². The monoisotopic (exact) mass is 542 g/mol. The molecular weight excluding hydrogens is 516 g/mol. The highest BCUT2D eigenvalue weighted by Gasteiger charge is 2.33. The van der Waals surface area contributed by atoms with E-state index in [9.17, 15) is 9.59 Å². The van der Waals surface area contributed by atoms with Gasteiger partial charge in [0.1, 0.15) is 5.75 Å². The van der Waals surface area contributed by atoms with Gasteiger partial charge in [-0.3, -0.25) is 9.36 Å². The van der Waals surface area contributed by atoms with Gasteiger partial charge in [-0.05, 0) is 62.2 Å². The van der Waals surface area contributed by atoms with Crippen LogP contribution in [-0.4, -0.2) is 38.0 Å². The van der Waals surface area contributed by atoms with Crippen molar-refractivity contribution in [2.75, 3.05) is 27.4 Å². The van der Waals surface area contributed by atoms with E-state index >= 15 is 0 Å². The summed E-state index contributed by atoms with van der Waals surface area (Å²) < 4.78 is 23.6. The molecule has 1 aliphatic rings. The quantitative estimate of drug-likeness (QED) is 0.402. The number of hydrogen-bond acceptors (Lipinski definition) is 8. The molecule has 0 unspecified atom stereocenters. The molecule has 2 heterocycles. The van der Waals surface area contributed by atoms with Crippen molar-refractivity contribution in [3.05, 3.63) is 83.5 Å². The average Bonchev–Trinajstić information content (AvgIpc) is 3.17. The Bertz CT molecular complexity index is 1540. The number of fused-ring (bicyclic) bond motifs is 1. The fourth-order valence-corrected chi connectivity index (χ4v) is 5.54. The molecule has 0 N–H and O–H groups in total. The molecule has 0 saturated carbocycles. The highest BCUT2D eigenvalue weighted by Crippen LogP contribution is 2.36. The van der Waals surface area contributed by atoms with E-state index in [1.807, 2.05) is 31.2 Å². The van der Waals surface area contributed by atoms with Crippen LogP contribution >= 0.6 is 22.9 Å². The van der Waals surface area contributed by atoms with E-state index in [-0.39, 0.29) is 12.2 Å². The molecule has 2 aromatic carbocycles. The molecule has 37 heavy (non-hydrogen) atoms. The largest absolute Gasteiger partial charge is 0.494 e. The summed E-state index contributed by atoms with van der Waals surface area (Å²) in [5.74, 6) is 1.04. The van der Waals surface area contributed by atoms with E-state index < -0.39 is 12.0 Å². The maximum absolute atomic E-state index is 13.8. The van der Waals surface area contributed by atoms with Crippen LogP contribution in [0.4, 0.5) is 0 Å². The van der Waals surface area contributed by atoms with Crippen LogP contribution in [0, 0.1) is 0 Å². The topological polar surface area (TPSA) is 88.4 Å². The SMILES string of the molecule is CCOC(=O)C1=C(C)N=c2s/c(=C/c3cc(Cl)c(OC)c(OC)c3)c(=O)n2[C@H]1c1ccc(OCC)cc1. The Morgan fingerprint density at radius 2 is 1.86 bits per heavy atom. The molecule has 194 valence electrons. The zero-order chi connectivity index (χ0) is 26.7. The van der Waals surface area contributed by atoms with Crippen molar-refractivity contribution in [2.45, 2.75) is 26.8 Å². The lowest BCUT2D eigenvalue weighted by Gasteiger charge is -2.24. The highest BCUT2D eigenvalue weighted by molar-refractivity contribution is 7.07. The van der Waals surface area contributed by atoms with Gasteiger partial charge in [0.2, 0.25) is 0 Å². The summed E-state index contributed by atoms with van der Waals surface area (Å²) in [6, 6.07) is 10.1. The fourth-order valence-electron chi connectivity index (χ4n) is 4.19. The van der Waals surface area contributed by atoms with Gasteiger partial charge in [-0.25, -0.2) is 9.79 Å². The fraction of sp³-hybridized carbons (Fsp3) is 0.296. The molecule has 0 saturated heterocycles. The molecule has 8 nitrogen and oxygen atoms in total. The van der Waals surface area contributed by atoms with Gasteiger partial charge in [-0.2, -0.15) is 0 Å². The van der Waals surface area contributed by atoms with Gasteiger partial charge in [0.15, 0.2) is 16.3 Å². The van der Waals surface area contributed by atoms with Crippen LogP contribution < -0.4 is 29.1 Å². The Morgan fingerprint density at radius 3 is 2.49 bits per heavy atom. The summed E-state index contributed by atoms with van der Waals surface area (Å²) in [6.45, 7) is 6.13. The second kappa shape index (κ2) is 11.2. The van der Waals surface area contributed by atoms with Crippen molar-refractivity contribution in [2.24, 2.45) is 4.99 Å². The molecule has 0 amide bonds. The summed E-state index contributed by atoms with van der Waals surface area (Å²) >= 11 is 7.60. The molecule has 0 fully saturated rings. The Kier molecular flexibility index (Phi) is 8.04. The minimum absolute atomic E-state index is 0.204. The van der Waals surface area contributed by atoms with E-state index in [1.165, 1.54) is 30.1 Å². The minimum Gasteiger partial charge on any atom is -0.494 e. The second-order valence-electron chi connectivity index (χ2n) is 8.04. The molecule has 0 bridgehead atoms. The molecule has 0 spiro atoms. The lowest BCUT2D eigenvalue weighted by atomic mass is 9.96. The van der Waals surface area contributed by atoms with Gasteiger partial charge < -0.3 is 18.9 Å². The average molecular weight is 543 g/mol. The van der Waals surface area contributed by atoms with Crippen LogP contribution in [0.2, 0.25) is 5.02 Å². The van der Waals surface area contributed by atoms with Gasteiger partial charge >= 0.3 is 5.97 Å². The van der Waals surface area contributed by atoms with Crippen molar-refractivity contribution in [3.8, 4) is 17.2 Å². The maximum atomic E-state index is 13.8. The summed E-state index contributed by atoms with van der Waals surface area (Å²) in [7, 11) is 3.02. The number of aromatic nitrogens is 1. The molecule has 3 aromatic rings. The first-order chi connectivity index (χ1) is 17.8. The Balaban J connectivity index is 1.91. The summed E-state index contributed by atoms with van der Waals surface area (Å²) in [5, 5.41) is 0.355. The van der Waals surface area contributed by atoms with Gasteiger partial charge in [-0.1, -0.05) is 35.1 Å². The van der Waals surface area contributed by atoms with Crippen LogP contribution in [0.15, 0.2) is 57.5 Å². The predicted molar refractivity (Wildman–Crippen MR) is 143 cm³/mol. The molecular formula is C27H27ClN2O6S. The number of thiazole rings is 1. The van der Waals surface area contributed by atoms with Crippen LogP contribution in [0.25, 0.3) is 6.08 Å². The third-order valence-electron chi connectivity index (χ3n) is 5.78. The number of halogens is 1. The van der Waals surface area contributed by atoms with E-state index in [1.54, 1.807) is 32.1 Å². The molecule has 0 radical (unpaired) electrons. The Morgan fingerprint density at radius 1 is 1.14 bits per heavy atom. The predicted octanol–water partition coefficient (Wildman–Crippen LogP) is 3.87. The Labute approximate surface area is 223 Å². The lowest BCUT2D eigenvalue weighted by Crippen LogP contribution is -2.39. The van der Waals surface area contributed by atoms with Gasteiger partial charge in [0, 0.05) is 0 Å². The third kappa shape index (κ3) is 5.14. The van der Waals surface area contributed by atoms with Gasteiger partial charge in [0.05, 0.1) is 54.3 Å². The first kappa shape index (κ1) is 26.5. The number of carbonyl (C=O) groups excluding carboxylic acids is 1. The van der Waals surface area contributed by atoms with Crippen molar-refractivity contribution >= 4 is 35.0 Å². The van der Waals surface area contributed by atoms with Crippen molar-refractivity contribution in [1.82, 2.24) is 4.57 Å². The highest BCUT2D eigenvalue weighted by atomic mass is 35.5. The maximum Gasteiger partial charge on any atom is 0.338 e. The lowest BCUT2D eigenvalue weighted by molar-refractivity contribution is -0.139. The molecule has 1 aromatic heterocycles. The van der Waals surface area contributed by atoms with Crippen molar-refractivity contribution in [3.63, 3.8) is 0 Å². The number of nitrogens with zero attached hydrogens (tertiary/aromatic N) is 2. The number of esters is 1. The molecule has 1 aliphatic heterocycles. The normalized spacial score (nSPS) is 15.2. The number of ether oxygens (including phenoxy) is 4. The number of hydrogen-bond donors (Lipinski definition) is 0. The van der Waals surface area contributed by atoms with Gasteiger partial charge in [-0.15, -0.1) is 0 Å². The number of allylic oxidation sites excluding steroid dienone is 1. The van der Waals surface area contributed by atoms with E-state index in [4.69, 9.17) is 30.5 Å². The van der Waals surface area contributed by atoms with Crippen molar-refractivity contribution < 1.29 is 23.7 Å². The second-order valence-corrected chi connectivity index (χ2v) is 9.46. The van der Waals surface area contributed by atoms with E-state index in [0.29, 0.717) is 55.0 Å². The number of rotatable bonds is 8. The standard InChI is InChI=1S/C27H27ClN2O6S/c1-6-35-18-10-8-17(9-11-18)23-22(26(32)36-7-2)15(3)29-27-30(23)25(31)21(37-27)14-16-12-19(28)24(34-5)20(13-16)33-4/h8-14,23H,6-7H2,1-5H3/b21-14+/t23-/m0/s1. The number of methoxy groups -OCH3 is 2. The zero-order valence-corrected chi connectivity index (χ0v) is 22.7. The molecule has 10 heteroatoms. The summed E-state index contributed by atoms with van der Waals surface area (Å²) in [4.78, 5) is 31.9. The molecule has 1 atom stereocenters. The third-order valence-corrected chi connectivity index (χ3v) is 7.04. The van der Waals surface area contributed by atoms with Crippen LogP contribution in [0.1, 0.15) is 37.9 Å².